The lowest BCUT2D eigenvalue weighted by atomic mass is 10.1. The first-order valence-corrected chi connectivity index (χ1v) is 10.5. The highest BCUT2D eigenvalue weighted by atomic mass is 32.2. The molecule has 1 atom stereocenters. The third-order valence-electron chi connectivity index (χ3n) is 4.50. The first-order chi connectivity index (χ1) is 13.5. The molecular formula is C20H29N3O4S. The van der Waals surface area contributed by atoms with Gasteiger partial charge in [-0.05, 0) is 18.9 Å². The minimum atomic E-state index is -0.606. The van der Waals surface area contributed by atoms with Crippen molar-refractivity contribution in [2.45, 2.75) is 26.3 Å². The van der Waals surface area contributed by atoms with Gasteiger partial charge in [-0.15, -0.1) is 0 Å². The number of nitrogens with one attached hydrogen (secondary N) is 1. The van der Waals surface area contributed by atoms with Crippen LogP contribution in [0.2, 0.25) is 0 Å². The van der Waals surface area contributed by atoms with Crippen molar-refractivity contribution in [2.24, 2.45) is 0 Å². The van der Waals surface area contributed by atoms with E-state index in [9.17, 15) is 14.4 Å². The third kappa shape index (κ3) is 7.52. The fourth-order valence-electron chi connectivity index (χ4n) is 2.92. The van der Waals surface area contributed by atoms with E-state index in [0.717, 1.165) is 5.56 Å². The molecule has 2 rings (SSSR count). The summed E-state index contributed by atoms with van der Waals surface area (Å²) in [5, 5.41) is 2.84. The lowest BCUT2D eigenvalue weighted by Crippen LogP contribution is -2.53. The molecule has 8 heteroatoms. The Bertz CT molecular complexity index is 650. The van der Waals surface area contributed by atoms with Crippen molar-refractivity contribution < 1.29 is 19.1 Å². The predicted octanol–water partition coefficient (Wildman–Crippen LogP) is 1.77. The molecule has 7 nitrogen and oxygen atoms in total. The van der Waals surface area contributed by atoms with Gasteiger partial charge in [-0.2, -0.15) is 0 Å². The molecule has 0 aliphatic carbocycles. The van der Waals surface area contributed by atoms with Crippen LogP contribution in [0.4, 0.5) is 4.79 Å². The highest BCUT2D eigenvalue weighted by Gasteiger charge is 2.25. The summed E-state index contributed by atoms with van der Waals surface area (Å²) in [6.45, 7) is 6.33. The second-order valence-corrected chi connectivity index (χ2v) is 7.94. The average Bonchev–Trinajstić information content (AvgIpc) is 2.71. The quantitative estimate of drug-likeness (QED) is 0.711. The van der Waals surface area contributed by atoms with E-state index in [1.165, 1.54) is 18.7 Å². The average molecular weight is 408 g/mol. The normalized spacial score (nSPS) is 15.0. The second-order valence-electron chi connectivity index (χ2n) is 6.67. The van der Waals surface area contributed by atoms with Gasteiger partial charge in [-0.3, -0.25) is 9.59 Å². The molecule has 3 amide bonds. The molecule has 1 aliphatic heterocycles. The fourth-order valence-corrected chi connectivity index (χ4v) is 3.52. The third-order valence-corrected chi connectivity index (χ3v) is 5.29. The summed E-state index contributed by atoms with van der Waals surface area (Å²) in [7, 11) is 0. The van der Waals surface area contributed by atoms with Crippen LogP contribution in [0.5, 0.6) is 0 Å². The summed E-state index contributed by atoms with van der Waals surface area (Å²) >= 11 is 1.20. The Labute approximate surface area is 170 Å². The van der Waals surface area contributed by atoms with Crippen molar-refractivity contribution in [3.63, 3.8) is 0 Å². The van der Waals surface area contributed by atoms with E-state index in [2.05, 4.69) is 5.32 Å². The molecule has 1 aromatic carbocycles. The molecule has 28 heavy (non-hydrogen) atoms. The van der Waals surface area contributed by atoms with Gasteiger partial charge >= 0.3 is 6.03 Å². The van der Waals surface area contributed by atoms with Crippen LogP contribution in [0.1, 0.15) is 19.4 Å². The Kier molecular flexibility index (Phi) is 9.30. The Morgan fingerprint density at radius 1 is 1.18 bits per heavy atom. The number of hydrogen-bond acceptors (Lipinski definition) is 5. The number of thioether (sulfide) groups is 1. The Morgan fingerprint density at radius 2 is 1.86 bits per heavy atom. The Balaban J connectivity index is 1.91. The molecule has 1 saturated heterocycles. The molecular weight excluding hydrogens is 378 g/mol. The highest BCUT2D eigenvalue weighted by molar-refractivity contribution is 8.13. The van der Waals surface area contributed by atoms with Crippen LogP contribution in [0.25, 0.3) is 0 Å². The molecule has 154 valence electrons. The first-order valence-electron chi connectivity index (χ1n) is 9.56. The van der Waals surface area contributed by atoms with Crippen molar-refractivity contribution in [3.8, 4) is 0 Å². The number of nitrogens with zero attached hydrogens (tertiary/aromatic N) is 2. The van der Waals surface area contributed by atoms with Gasteiger partial charge in [-0.1, -0.05) is 42.1 Å². The van der Waals surface area contributed by atoms with E-state index >= 15 is 0 Å². The first kappa shape index (κ1) is 22.2. The van der Waals surface area contributed by atoms with Crippen LogP contribution < -0.4 is 5.32 Å². The van der Waals surface area contributed by atoms with Gasteiger partial charge in [0.2, 0.25) is 5.91 Å². The van der Waals surface area contributed by atoms with Crippen molar-refractivity contribution in [3.05, 3.63) is 35.9 Å². The maximum Gasteiger partial charge on any atom is 0.318 e. The maximum absolute atomic E-state index is 12.8. The summed E-state index contributed by atoms with van der Waals surface area (Å²) in [6.07, 6.45) is 0.713. The Morgan fingerprint density at radius 3 is 2.50 bits per heavy atom. The monoisotopic (exact) mass is 407 g/mol. The molecule has 0 unspecified atom stereocenters. The molecule has 0 bridgehead atoms. The number of benzene rings is 1. The SMILES string of the molecule is CC(=O)SCCN(CCc1ccccc1)C(=O)N[C@@H](C)C(=O)N1CCOCC1. The summed E-state index contributed by atoms with van der Waals surface area (Å²) < 4.78 is 5.27. The molecule has 1 aliphatic rings. The van der Waals surface area contributed by atoms with Gasteiger partial charge in [0.25, 0.3) is 0 Å². The molecule has 1 heterocycles. The van der Waals surface area contributed by atoms with E-state index in [1.807, 2.05) is 30.3 Å². The zero-order valence-electron chi connectivity index (χ0n) is 16.6. The molecule has 0 saturated carbocycles. The maximum atomic E-state index is 12.8. The lowest BCUT2D eigenvalue weighted by Gasteiger charge is -2.30. The van der Waals surface area contributed by atoms with Crippen LogP contribution in [0.3, 0.4) is 0 Å². The number of carbonyl (C=O) groups is 3. The van der Waals surface area contributed by atoms with Gasteiger partial charge in [0.1, 0.15) is 6.04 Å². The van der Waals surface area contributed by atoms with Crippen molar-refractivity contribution >= 4 is 28.8 Å². The van der Waals surface area contributed by atoms with Crippen LogP contribution in [0, 0.1) is 0 Å². The van der Waals surface area contributed by atoms with Crippen LogP contribution in [-0.2, 0) is 20.7 Å². The number of rotatable bonds is 8. The molecule has 0 radical (unpaired) electrons. The van der Waals surface area contributed by atoms with Crippen LogP contribution >= 0.6 is 11.8 Å². The number of carbonyl (C=O) groups excluding carboxylic acids is 3. The molecule has 1 N–H and O–H groups in total. The summed E-state index contributed by atoms with van der Waals surface area (Å²) in [6, 6.07) is 9.04. The standard InChI is InChI=1S/C20H29N3O4S/c1-16(19(25)22-10-13-27-14-11-22)21-20(26)23(12-15-28-17(2)24)9-8-18-6-4-3-5-7-18/h3-7,16H,8-15H2,1-2H3,(H,21,26)/t16-/m0/s1. The number of morpholine rings is 1. The van der Waals surface area contributed by atoms with E-state index in [-0.39, 0.29) is 17.1 Å². The van der Waals surface area contributed by atoms with E-state index < -0.39 is 6.04 Å². The van der Waals surface area contributed by atoms with Gasteiger partial charge < -0.3 is 19.9 Å². The van der Waals surface area contributed by atoms with Crippen molar-refractivity contribution in [2.75, 3.05) is 45.1 Å². The summed E-state index contributed by atoms with van der Waals surface area (Å²) in [4.78, 5) is 39.9. The zero-order valence-corrected chi connectivity index (χ0v) is 17.4. The van der Waals surface area contributed by atoms with Crippen molar-refractivity contribution in [1.29, 1.82) is 0 Å². The molecule has 0 aromatic heterocycles. The smallest absolute Gasteiger partial charge is 0.318 e. The zero-order chi connectivity index (χ0) is 20.4. The van der Waals surface area contributed by atoms with E-state index in [1.54, 1.807) is 16.7 Å². The fraction of sp³-hybridized carbons (Fsp3) is 0.550. The minimum Gasteiger partial charge on any atom is -0.378 e. The largest absolute Gasteiger partial charge is 0.378 e. The number of ether oxygens (including phenoxy) is 1. The Hall–Kier alpha value is -2.06. The molecule has 1 fully saturated rings. The molecule has 0 spiro atoms. The molecule has 1 aromatic rings. The van der Waals surface area contributed by atoms with Crippen molar-refractivity contribution in [1.82, 2.24) is 15.1 Å². The predicted molar refractivity (Wildman–Crippen MR) is 110 cm³/mol. The lowest BCUT2D eigenvalue weighted by molar-refractivity contribution is -0.136. The van der Waals surface area contributed by atoms with Crippen LogP contribution in [-0.4, -0.2) is 78.0 Å². The number of amides is 3. The summed E-state index contributed by atoms with van der Waals surface area (Å²) in [5.74, 6) is 0.432. The number of urea groups is 1. The van der Waals surface area contributed by atoms with Gasteiger partial charge in [0.15, 0.2) is 5.12 Å². The highest BCUT2D eigenvalue weighted by Crippen LogP contribution is 2.07. The summed E-state index contributed by atoms with van der Waals surface area (Å²) in [5.41, 5.74) is 1.14. The van der Waals surface area contributed by atoms with Gasteiger partial charge in [-0.25, -0.2) is 4.79 Å². The van der Waals surface area contributed by atoms with Gasteiger partial charge in [0.05, 0.1) is 13.2 Å². The minimum absolute atomic E-state index is 0.0271. The second kappa shape index (κ2) is 11.7. The van der Waals surface area contributed by atoms with Gasteiger partial charge in [0, 0.05) is 38.9 Å². The van der Waals surface area contributed by atoms with Crippen LogP contribution in [0.15, 0.2) is 30.3 Å². The van der Waals surface area contributed by atoms with E-state index in [4.69, 9.17) is 4.74 Å². The topological polar surface area (TPSA) is 79.0 Å². The number of hydrogen-bond donors (Lipinski definition) is 1. The van der Waals surface area contributed by atoms with E-state index in [0.29, 0.717) is 51.6 Å².